The zero-order valence-corrected chi connectivity index (χ0v) is 17.7. The van der Waals surface area contributed by atoms with Crippen molar-refractivity contribution in [1.82, 2.24) is 10.2 Å². The predicted octanol–water partition coefficient (Wildman–Crippen LogP) is 3.46. The summed E-state index contributed by atoms with van der Waals surface area (Å²) in [7, 11) is 3.05. The topological polar surface area (TPSA) is 96.8 Å². The number of allylic oxidation sites excluding steroid dienone is 2. The Labute approximate surface area is 181 Å². The number of ether oxygens (including phenoxy) is 4. The molecule has 1 aromatic heterocycles. The van der Waals surface area contributed by atoms with E-state index in [-0.39, 0.29) is 25.2 Å². The highest BCUT2D eigenvalue weighted by atomic mass is 16.5. The van der Waals surface area contributed by atoms with E-state index in [1.165, 1.54) is 14.2 Å². The van der Waals surface area contributed by atoms with Gasteiger partial charge in [0.05, 0.1) is 38.9 Å². The van der Waals surface area contributed by atoms with E-state index in [2.05, 4.69) is 10.2 Å². The summed E-state index contributed by atoms with van der Waals surface area (Å²) in [4.78, 5) is 24.3. The zero-order valence-electron chi connectivity index (χ0n) is 17.7. The number of cyclic esters (lactones) is 2. The molecule has 1 atom stereocenters. The number of carbonyl (C=O) groups excluding carboxylic acids is 2. The van der Waals surface area contributed by atoms with Gasteiger partial charge in [-0.05, 0) is 24.0 Å². The van der Waals surface area contributed by atoms with Gasteiger partial charge < -0.3 is 18.9 Å². The second kappa shape index (κ2) is 11.1. The summed E-state index contributed by atoms with van der Waals surface area (Å²) in [5.74, 6) is -0.205. The van der Waals surface area contributed by atoms with Crippen LogP contribution in [0.5, 0.6) is 11.8 Å². The SMILES string of the molecule is COc1cc(-c2ccc(C3C/C=C/CCC(=O)OCCCOC3=O)cc2)c(OC)nn1. The van der Waals surface area contributed by atoms with Crippen LogP contribution < -0.4 is 9.47 Å². The highest BCUT2D eigenvalue weighted by molar-refractivity contribution is 5.79. The van der Waals surface area contributed by atoms with Gasteiger partial charge in [0.1, 0.15) is 0 Å². The van der Waals surface area contributed by atoms with Gasteiger partial charge in [-0.3, -0.25) is 9.59 Å². The maximum absolute atomic E-state index is 12.7. The second-order valence-electron chi connectivity index (χ2n) is 6.97. The third kappa shape index (κ3) is 6.04. The van der Waals surface area contributed by atoms with Crippen LogP contribution in [0.3, 0.4) is 0 Å². The normalized spacial score (nSPS) is 19.1. The number of hydrogen-bond acceptors (Lipinski definition) is 8. The Balaban J connectivity index is 1.82. The van der Waals surface area contributed by atoms with Crippen LogP contribution in [-0.2, 0) is 19.1 Å². The third-order valence-electron chi connectivity index (χ3n) is 4.90. The maximum Gasteiger partial charge on any atom is 0.313 e. The van der Waals surface area contributed by atoms with E-state index in [0.29, 0.717) is 37.4 Å². The third-order valence-corrected chi connectivity index (χ3v) is 4.90. The van der Waals surface area contributed by atoms with E-state index >= 15 is 0 Å². The van der Waals surface area contributed by atoms with Gasteiger partial charge in [-0.25, -0.2) is 0 Å². The van der Waals surface area contributed by atoms with Crippen molar-refractivity contribution >= 4 is 11.9 Å². The van der Waals surface area contributed by atoms with Crippen LogP contribution in [0.1, 0.15) is 37.2 Å². The van der Waals surface area contributed by atoms with Crippen LogP contribution in [-0.4, -0.2) is 49.6 Å². The van der Waals surface area contributed by atoms with E-state index in [1.54, 1.807) is 6.07 Å². The summed E-state index contributed by atoms with van der Waals surface area (Å²) < 4.78 is 21.0. The highest BCUT2D eigenvalue weighted by Gasteiger charge is 2.22. The fourth-order valence-electron chi connectivity index (χ4n) is 3.23. The fraction of sp³-hybridized carbons (Fsp3) is 0.391. The van der Waals surface area contributed by atoms with Crippen LogP contribution in [0.2, 0.25) is 0 Å². The second-order valence-corrected chi connectivity index (χ2v) is 6.97. The smallest absolute Gasteiger partial charge is 0.313 e. The van der Waals surface area contributed by atoms with Crippen molar-refractivity contribution in [3.63, 3.8) is 0 Å². The summed E-state index contributed by atoms with van der Waals surface area (Å²) >= 11 is 0. The Morgan fingerprint density at radius 3 is 2.48 bits per heavy atom. The highest BCUT2D eigenvalue weighted by Crippen LogP contribution is 2.32. The maximum atomic E-state index is 12.7. The summed E-state index contributed by atoms with van der Waals surface area (Å²) in [5.41, 5.74) is 2.44. The van der Waals surface area contributed by atoms with Crippen LogP contribution in [0.4, 0.5) is 0 Å². The average Bonchev–Trinajstić information content (AvgIpc) is 2.81. The first-order chi connectivity index (χ1) is 15.1. The molecule has 1 aromatic carbocycles. The first kappa shape index (κ1) is 22.3. The molecule has 8 nitrogen and oxygen atoms in total. The van der Waals surface area contributed by atoms with E-state index in [0.717, 1.165) is 16.7 Å². The van der Waals surface area contributed by atoms with Gasteiger partial charge in [0.15, 0.2) is 0 Å². The van der Waals surface area contributed by atoms with Crippen molar-refractivity contribution in [2.24, 2.45) is 0 Å². The molecule has 0 saturated carbocycles. The van der Waals surface area contributed by atoms with Crippen LogP contribution in [0.25, 0.3) is 11.1 Å². The molecule has 0 N–H and O–H groups in total. The van der Waals surface area contributed by atoms with Crippen LogP contribution in [0.15, 0.2) is 42.5 Å². The molecular formula is C23H26N2O6. The number of carbonyl (C=O) groups is 2. The van der Waals surface area contributed by atoms with E-state index < -0.39 is 5.92 Å². The number of nitrogens with zero attached hydrogens (tertiary/aromatic N) is 2. The molecule has 2 heterocycles. The number of rotatable bonds is 4. The number of methoxy groups -OCH3 is 2. The van der Waals surface area contributed by atoms with E-state index in [9.17, 15) is 9.59 Å². The molecule has 164 valence electrons. The molecule has 0 fully saturated rings. The molecule has 1 aliphatic heterocycles. The van der Waals surface area contributed by atoms with Gasteiger partial charge >= 0.3 is 11.9 Å². The Morgan fingerprint density at radius 1 is 0.968 bits per heavy atom. The van der Waals surface area contributed by atoms with E-state index in [1.807, 2.05) is 36.4 Å². The van der Waals surface area contributed by atoms with Gasteiger partial charge in [0.25, 0.3) is 0 Å². The summed E-state index contributed by atoms with van der Waals surface area (Å²) in [6.45, 7) is 0.463. The molecule has 2 aromatic rings. The number of esters is 2. The quantitative estimate of drug-likeness (QED) is 0.542. The molecule has 1 aliphatic rings. The van der Waals surface area contributed by atoms with Crippen molar-refractivity contribution in [2.45, 2.75) is 31.6 Å². The molecule has 1 unspecified atom stereocenters. The fourth-order valence-corrected chi connectivity index (χ4v) is 3.23. The first-order valence-corrected chi connectivity index (χ1v) is 10.2. The number of hydrogen-bond donors (Lipinski definition) is 0. The standard InChI is InChI=1S/C23H26N2O6/c1-28-20-15-19(22(29-2)25-24-20)17-11-9-16(10-12-17)18-7-4-3-5-8-21(26)30-13-6-14-31-23(18)27/h3-4,9-12,15,18H,5-8,13-14H2,1-2H3/b4-3+. The minimum Gasteiger partial charge on any atom is -0.480 e. The molecule has 0 aliphatic carbocycles. The van der Waals surface area contributed by atoms with Crippen LogP contribution in [0, 0.1) is 0 Å². The van der Waals surface area contributed by atoms with Crippen molar-refractivity contribution in [3.05, 3.63) is 48.0 Å². The Bertz CT molecular complexity index is 926. The minimum absolute atomic E-state index is 0.212. The largest absolute Gasteiger partial charge is 0.480 e. The number of aromatic nitrogens is 2. The summed E-state index contributed by atoms with van der Waals surface area (Å²) in [6.07, 6.45) is 5.68. The van der Waals surface area contributed by atoms with Crippen molar-refractivity contribution < 1.29 is 28.5 Å². The molecular weight excluding hydrogens is 400 g/mol. The Hall–Kier alpha value is -3.42. The zero-order chi connectivity index (χ0) is 22.1. The molecule has 0 bridgehead atoms. The summed E-state index contributed by atoms with van der Waals surface area (Å²) in [6, 6.07) is 9.34. The Kier molecular flexibility index (Phi) is 7.98. The minimum atomic E-state index is -0.435. The van der Waals surface area contributed by atoms with Crippen molar-refractivity contribution in [2.75, 3.05) is 27.4 Å². The van der Waals surface area contributed by atoms with Gasteiger partial charge in [-0.15, -0.1) is 10.2 Å². The molecule has 0 saturated heterocycles. The predicted molar refractivity (Wildman–Crippen MR) is 113 cm³/mol. The van der Waals surface area contributed by atoms with Crippen molar-refractivity contribution in [3.8, 4) is 22.9 Å². The molecule has 31 heavy (non-hydrogen) atoms. The molecule has 3 rings (SSSR count). The van der Waals surface area contributed by atoms with Gasteiger partial charge in [0, 0.05) is 18.9 Å². The average molecular weight is 426 g/mol. The van der Waals surface area contributed by atoms with Crippen molar-refractivity contribution in [1.29, 1.82) is 0 Å². The molecule has 0 radical (unpaired) electrons. The lowest BCUT2D eigenvalue weighted by molar-refractivity contribution is -0.147. The van der Waals surface area contributed by atoms with Gasteiger partial charge in [-0.2, -0.15) is 0 Å². The number of benzene rings is 1. The lowest BCUT2D eigenvalue weighted by Gasteiger charge is -2.16. The van der Waals surface area contributed by atoms with Crippen LogP contribution >= 0.6 is 0 Å². The first-order valence-electron chi connectivity index (χ1n) is 10.2. The Morgan fingerprint density at radius 2 is 1.74 bits per heavy atom. The summed E-state index contributed by atoms with van der Waals surface area (Å²) in [5, 5.41) is 7.95. The lowest BCUT2D eigenvalue weighted by Crippen LogP contribution is -2.17. The van der Waals surface area contributed by atoms with Gasteiger partial charge in [-0.1, -0.05) is 36.4 Å². The molecule has 0 amide bonds. The monoisotopic (exact) mass is 426 g/mol. The van der Waals surface area contributed by atoms with Gasteiger partial charge in [0.2, 0.25) is 11.8 Å². The lowest BCUT2D eigenvalue weighted by atomic mass is 9.93. The molecule has 8 heteroatoms. The van der Waals surface area contributed by atoms with E-state index in [4.69, 9.17) is 18.9 Å². The molecule has 0 spiro atoms.